The average Bonchev–Trinajstić information content (AvgIpc) is 2.58. The summed E-state index contributed by atoms with van der Waals surface area (Å²) in [5, 5.41) is 0.452. The number of nitrogens with zero attached hydrogens (tertiary/aromatic N) is 2. The highest BCUT2D eigenvalue weighted by Crippen LogP contribution is 2.15. The number of rotatable bonds is 4. The quantitative estimate of drug-likeness (QED) is 0.724. The van der Waals surface area contributed by atoms with Gasteiger partial charge in [0.1, 0.15) is 0 Å². The van der Waals surface area contributed by atoms with Crippen molar-refractivity contribution < 1.29 is 0 Å². The summed E-state index contributed by atoms with van der Waals surface area (Å²) in [6, 6.07) is 19.5. The van der Waals surface area contributed by atoms with Crippen LogP contribution in [0.3, 0.4) is 0 Å². The Morgan fingerprint density at radius 3 is 2.30 bits per heavy atom. The van der Waals surface area contributed by atoms with Crippen LogP contribution in [0, 0.1) is 0 Å². The Labute approximate surface area is 139 Å². The lowest BCUT2D eigenvalue weighted by atomic mass is 10.2. The fourth-order valence-electron chi connectivity index (χ4n) is 2.23. The van der Waals surface area contributed by atoms with Gasteiger partial charge in [0.2, 0.25) is 0 Å². The Morgan fingerprint density at radius 2 is 1.61 bits per heavy atom. The van der Waals surface area contributed by atoms with Gasteiger partial charge in [-0.2, -0.15) is 4.98 Å². The maximum atomic E-state index is 12.2. The van der Waals surface area contributed by atoms with Crippen molar-refractivity contribution in [1.29, 1.82) is 0 Å². The topological polar surface area (TPSA) is 34.9 Å². The minimum Gasteiger partial charge on any atom is -0.293 e. The van der Waals surface area contributed by atoms with Gasteiger partial charge in [-0.3, -0.25) is 4.57 Å². The van der Waals surface area contributed by atoms with Crippen LogP contribution in [-0.4, -0.2) is 9.55 Å². The molecule has 0 saturated heterocycles. The molecule has 3 rings (SSSR count). The average molecular weight is 323 g/mol. The summed E-state index contributed by atoms with van der Waals surface area (Å²) in [6.07, 6.45) is 5.27. The van der Waals surface area contributed by atoms with Crippen LogP contribution in [0.2, 0.25) is 5.02 Å². The number of halogens is 1. The summed E-state index contributed by atoms with van der Waals surface area (Å²) in [7, 11) is 0. The molecule has 0 atom stereocenters. The van der Waals surface area contributed by atoms with E-state index in [1.54, 1.807) is 12.3 Å². The van der Waals surface area contributed by atoms with Gasteiger partial charge in [0, 0.05) is 6.20 Å². The third kappa shape index (κ3) is 3.96. The van der Waals surface area contributed by atoms with Crippen LogP contribution < -0.4 is 5.69 Å². The molecule has 0 unspecified atom stereocenters. The van der Waals surface area contributed by atoms with Crippen molar-refractivity contribution in [2.24, 2.45) is 0 Å². The van der Waals surface area contributed by atoms with Crippen molar-refractivity contribution in [2.75, 3.05) is 0 Å². The Morgan fingerprint density at radius 1 is 0.957 bits per heavy atom. The second kappa shape index (κ2) is 7.07. The van der Waals surface area contributed by atoms with Gasteiger partial charge in [-0.25, -0.2) is 4.79 Å². The van der Waals surface area contributed by atoms with E-state index in [0.717, 1.165) is 11.1 Å². The zero-order chi connectivity index (χ0) is 16.1. The predicted molar refractivity (Wildman–Crippen MR) is 94.4 cm³/mol. The van der Waals surface area contributed by atoms with Crippen LogP contribution in [0.25, 0.3) is 12.2 Å². The lowest BCUT2D eigenvalue weighted by Gasteiger charge is -2.07. The van der Waals surface area contributed by atoms with Gasteiger partial charge in [-0.05, 0) is 17.2 Å². The van der Waals surface area contributed by atoms with Crippen molar-refractivity contribution in [3.8, 4) is 0 Å². The highest BCUT2D eigenvalue weighted by Gasteiger charge is 2.05. The largest absolute Gasteiger partial charge is 0.348 e. The molecule has 0 aliphatic carbocycles. The molecule has 0 amide bonds. The molecular formula is C19H15ClN2O. The van der Waals surface area contributed by atoms with Crippen molar-refractivity contribution in [2.45, 2.75) is 6.54 Å². The zero-order valence-corrected chi connectivity index (χ0v) is 13.1. The smallest absolute Gasteiger partial charge is 0.293 e. The van der Waals surface area contributed by atoms with Gasteiger partial charge in [0.25, 0.3) is 0 Å². The first-order valence-corrected chi connectivity index (χ1v) is 7.64. The molecule has 0 aliphatic heterocycles. The van der Waals surface area contributed by atoms with Crippen molar-refractivity contribution in [3.05, 3.63) is 99.2 Å². The van der Waals surface area contributed by atoms with Crippen LogP contribution in [0.15, 0.2) is 71.7 Å². The Balaban J connectivity index is 1.86. The first kappa shape index (κ1) is 15.3. The maximum absolute atomic E-state index is 12.2. The normalized spacial score (nSPS) is 11.0. The Bertz CT molecular complexity index is 871. The van der Waals surface area contributed by atoms with Crippen LogP contribution in [-0.2, 0) is 6.54 Å². The molecule has 0 bridgehead atoms. The fraction of sp³-hybridized carbons (Fsp3) is 0.0526. The van der Waals surface area contributed by atoms with Crippen LogP contribution in [0.1, 0.15) is 16.8 Å². The molecule has 23 heavy (non-hydrogen) atoms. The predicted octanol–water partition coefficient (Wildman–Crippen LogP) is 4.12. The fourth-order valence-corrected chi connectivity index (χ4v) is 2.45. The molecule has 1 aromatic heterocycles. The minimum absolute atomic E-state index is 0.314. The zero-order valence-electron chi connectivity index (χ0n) is 12.4. The third-order valence-electron chi connectivity index (χ3n) is 3.40. The van der Waals surface area contributed by atoms with Gasteiger partial charge < -0.3 is 0 Å². The summed E-state index contributed by atoms with van der Waals surface area (Å²) in [5.74, 6) is 0. The highest BCUT2D eigenvalue weighted by atomic mass is 35.5. The van der Waals surface area contributed by atoms with E-state index in [1.165, 1.54) is 4.57 Å². The first-order chi connectivity index (χ1) is 11.2. The number of hydrogen-bond donors (Lipinski definition) is 0. The molecular weight excluding hydrogens is 308 g/mol. The van der Waals surface area contributed by atoms with Crippen LogP contribution >= 0.6 is 11.6 Å². The lowest BCUT2D eigenvalue weighted by molar-refractivity contribution is 0.725. The molecule has 2 aromatic carbocycles. The van der Waals surface area contributed by atoms with Crippen LogP contribution in [0.5, 0.6) is 0 Å². The van der Waals surface area contributed by atoms with E-state index in [4.69, 9.17) is 11.6 Å². The van der Waals surface area contributed by atoms with E-state index in [-0.39, 0.29) is 5.69 Å². The van der Waals surface area contributed by atoms with Crippen molar-refractivity contribution in [3.63, 3.8) is 0 Å². The second-order valence-electron chi connectivity index (χ2n) is 5.11. The second-order valence-corrected chi connectivity index (χ2v) is 5.52. The van der Waals surface area contributed by atoms with Crippen LogP contribution in [0.4, 0.5) is 0 Å². The van der Waals surface area contributed by atoms with Gasteiger partial charge in [0.05, 0.1) is 17.3 Å². The summed E-state index contributed by atoms with van der Waals surface area (Å²) < 4.78 is 1.51. The highest BCUT2D eigenvalue weighted by molar-refractivity contribution is 6.31. The molecule has 114 valence electrons. The molecule has 3 nitrogen and oxygen atoms in total. The number of aromatic nitrogens is 2. The molecule has 1 heterocycles. The van der Waals surface area contributed by atoms with E-state index >= 15 is 0 Å². The van der Waals surface area contributed by atoms with Gasteiger partial charge in [-0.15, -0.1) is 0 Å². The Kier molecular flexibility index (Phi) is 4.69. The summed E-state index contributed by atoms with van der Waals surface area (Å²) >= 11 is 6.26. The van der Waals surface area contributed by atoms with E-state index in [9.17, 15) is 4.79 Å². The minimum atomic E-state index is -0.314. The first-order valence-electron chi connectivity index (χ1n) is 7.26. The van der Waals surface area contributed by atoms with Gasteiger partial charge >= 0.3 is 5.69 Å². The monoisotopic (exact) mass is 322 g/mol. The maximum Gasteiger partial charge on any atom is 0.348 e. The number of benzene rings is 2. The number of hydrogen-bond acceptors (Lipinski definition) is 2. The van der Waals surface area contributed by atoms with E-state index in [1.807, 2.05) is 66.7 Å². The van der Waals surface area contributed by atoms with E-state index in [0.29, 0.717) is 17.3 Å². The Hall–Kier alpha value is -2.65. The molecule has 0 radical (unpaired) electrons. The standard InChI is InChI=1S/C19H15ClN2O/c20-17-14-22(13-16-9-5-2-6-10-16)19(23)21-18(17)12-11-15-7-3-1-4-8-15/h1-12,14H,13H2/b12-11+. The SMILES string of the molecule is O=c1nc(/C=C/c2ccccc2)c(Cl)cn1Cc1ccccc1. The summed E-state index contributed by atoms with van der Waals surface area (Å²) in [4.78, 5) is 16.2. The van der Waals surface area contributed by atoms with Crippen molar-refractivity contribution >= 4 is 23.8 Å². The van der Waals surface area contributed by atoms with Crippen molar-refractivity contribution in [1.82, 2.24) is 9.55 Å². The summed E-state index contributed by atoms with van der Waals surface area (Å²) in [6.45, 7) is 0.453. The van der Waals surface area contributed by atoms with Gasteiger partial charge in [-0.1, -0.05) is 78.3 Å². The molecule has 3 aromatic rings. The lowest BCUT2D eigenvalue weighted by Crippen LogP contribution is -2.23. The molecule has 0 fully saturated rings. The summed E-state index contributed by atoms with van der Waals surface area (Å²) in [5.41, 5.74) is 2.22. The third-order valence-corrected chi connectivity index (χ3v) is 3.70. The van der Waals surface area contributed by atoms with E-state index in [2.05, 4.69) is 4.98 Å². The molecule has 0 N–H and O–H groups in total. The van der Waals surface area contributed by atoms with Gasteiger partial charge in [0.15, 0.2) is 0 Å². The van der Waals surface area contributed by atoms with E-state index < -0.39 is 0 Å². The molecule has 0 aliphatic rings. The molecule has 4 heteroatoms. The molecule has 0 spiro atoms. The molecule has 0 saturated carbocycles.